The number of amidine groups is 1. The molecule has 0 saturated carbocycles. The van der Waals surface area contributed by atoms with Crippen LogP contribution in [0.15, 0.2) is 42.3 Å². The van der Waals surface area contributed by atoms with Crippen LogP contribution in [-0.4, -0.2) is 63.8 Å². The molecule has 0 spiro atoms. The Balaban J connectivity index is 1.80. The van der Waals surface area contributed by atoms with Crippen molar-refractivity contribution in [2.24, 2.45) is 10.9 Å². The summed E-state index contributed by atoms with van der Waals surface area (Å²) in [6.07, 6.45) is 8.30. The number of pyridine rings is 1. The number of aliphatic hydroxyl groups excluding tert-OH is 1. The molecule has 1 aliphatic heterocycles. The summed E-state index contributed by atoms with van der Waals surface area (Å²) in [6.45, 7) is 15.0. The van der Waals surface area contributed by atoms with Crippen molar-refractivity contribution in [3.63, 3.8) is 0 Å². The van der Waals surface area contributed by atoms with E-state index in [2.05, 4.69) is 46.8 Å². The second-order valence-electron chi connectivity index (χ2n) is 9.00. The lowest BCUT2D eigenvalue weighted by Crippen LogP contribution is -2.53. The highest BCUT2D eigenvalue weighted by Crippen LogP contribution is 2.28. The van der Waals surface area contributed by atoms with Crippen molar-refractivity contribution in [3.8, 4) is 11.8 Å². The molecular weight excluding hydrogens is 428 g/mol. The number of rotatable bonds is 9. The van der Waals surface area contributed by atoms with Crippen molar-refractivity contribution >= 4 is 16.9 Å². The van der Waals surface area contributed by atoms with Gasteiger partial charge in [-0.05, 0) is 45.2 Å². The van der Waals surface area contributed by atoms with E-state index in [9.17, 15) is 10.4 Å². The van der Waals surface area contributed by atoms with Gasteiger partial charge in [-0.2, -0.15) is 10.4 Å². The Morgan fingerprint density at radius 3 is 2.94 bits per heavy atom. The first-order valence-electron chi connectivity index (χ1n) is 12.0. The zero-order valence-electron chi connectivity index (χ0n) is 20.7. The minimum atomic E-state index is -0.443. The molecule has 0 amide bonds. The molecular formula is C26H36N6O2. The number of β-amino-alcohol motifs (C(OH)–C–C–N with tert-alkyl or cyclic N) is 1. The number of nitrogens with zero attached hydrogens (tertiary/aromatic N) is 5. The average Bonchev–Trinajstić information content (AvgIpc) is 3.23. The lowest BCUT2D eigenvalue weighted by molar-refractivity contribution is 0.0672. The number of aromatic nitrogens is 2. The maximum atomic E-state index is 10.6. The Hall–Kier alpha value is -3.15. The van der Waals surface area contributed by atoms with Crippen molar-refractivity contribution in [2.75, 3.05) is 26.2 Å². The van der Waals surface area contributed by atoms with Gasteiger partial charge in [0, 0.05) is 36.5 Å². The number of fused-ring (bicyclic) bond motifs is 1. The van der Waals surface area contributed by atoms with E-state index in [0.717, 1.165) is 42.9 Å². The Morgan fingerprint density at radius 2 is 2.29 bits per heavy atom. The van der Waals surface area contributed by atoms with E-state index in [4.69, 9.17) is 4.74 Å². The molecule has 0 radical (unpaired) electrons. The predicted octanol–water partition coefficient (Wildman–Crippen LogP) is 3.62. The summed E-state index contributed by atoms with van der Waals surface area (Å²) in [7, 11) is 0. The summed E-state index contributed by atoms with van der Waals surface area (Å²) in [5.41, 5.74) is 2.70. The standard InChI is InChI=1S/C26H36N6O2/c1-6-20(23-12-22(34-7-2)16-32-26(23)21(13-27)15-30-32)14-29-19(5)31-11-9-24(25(33)17-31)28-10-8-18(3)4/h6,12,14-16,18,24-25,28,33H,1,7-11,17H2,2-5H3/b20-14+,29-19+/t24-,25-/m0/s1. The fraction of sp³-hybridized carbons (Fsp3) is 0.500. The number of nitriles is 1. The zero-order chi connectivity index (χ0) is 24.7. The Labute approximate surface area is 202 Å². The van der Waals surface area contributed by atoms with Crippen molar-refractivity contribution in [2.45, 2.75) is 52.7 Å². The fourth-order valence-electron chi connectivity index (χ4n) is 4.14. The Kier molecular flexibility index (Phi) is 8.85. The summed E-state index contributed by atoms with van der Waals surface area (Å²) >= 11 is 0. The molecule has 182 valence electrons. The number of likely N-dealkylation sites (tertiary alicyclic amines) is 1. The third-order valence-corrected chi connectivity index (χ3v) is 6.11. The lowest BCUT2D eigenvalue weighted by Gasteiger charge is -2.37. The number of hydrogen-bond acceptors (Lipinski definition) is 6. The molecule has 34 heavy (non-hydrogen) atoms. The molecule has 2 aromatic heterocycles. The summed E-state index contributed by atoms with van der Waals surface area (Å²) < 4.78 is 7.35. The first-order chi connectivity index (χ1) is 16.4. The van der Waals surface area contributed by atoms with Gasteiger partial charge >= 0.3 is 0 Å². The minimum Gasteiger partial charge on any atom is -0.492 e. The van der Waals surface area contributed by atoms with E-state index in [1.54, 1.807) is 29.2 Å². The average molecular weight is 465 g/mol. The molecule has 8 heteroatoms. The van der Waals surface area contributed by atoms with E-state index in [-0.39, 0.29) is 6.04 Å². The van der Waals surface area contributed by atoms with Crippen LogP contribution in [0.5, 0.6) is 5.75 Å². The van der Waals surface area contributed by atoms with Gasteiger partial charge in [-0.3, -0.25) is 0 Å². The van der Waals surface area contributed by atoms with E-state index in [0.29, 0.717) is 35.9 Å². The minimum absolute atomic E-state index is 0.114. The number of ether oxygens (including phenoxy) is 1. The smallest absolute Gasteiger partial charge is 0.138 e. The van der Waals surface area contributed by atoms with Crippen molar-refractivity contribution in [1.29, 1.82) is 5.26 Å². The lowest BCUT2D eigenvalue weighted by atomic mass is 10.0. The molecule has 0 unspecified atom stereocenters. The van der Waals surface area contributed by atoms with Gasteiger partial charge in [0.15, 0.2) is 0 Å². The van der Waals surface area contributed by atoms with Crippen LogP contribution in [0.4, 0.5) is 0 Å². The van der Waals surface area contributed by atoms with Gasteiger partial charge in [0.2, 0.25) is 0 Å². The van der Waals surface area contributed by atoms with Crippen LogP contribution < -0.4 is 10.1 Å². The molecule has 1 aliphatic rings. The first kappa shape index (κ1) is 25.5. The van der Waals surface area contributed by atoms with Crippen LogP contribution in [0.2, 0.25) is 0 Å². The normalized spacial score (nSPS) is 19.5. The highest BCUT2D eigenvalue weighted by molar-refractivity contribution is 5.88. The molecule has 2 N–H and O–H groups in total. The van der Waals surface area contributed by atoms with Crippen molar-refractivity contribution in [3.05, 3.63) is 48.4 Å². The maximum Gasteiger partial charge on any atom is 0.138 e. The number of aliphatic imine (C=N–C) groups is 1. The van der Waals surface area contributed by atoms with E-state index in [1.807, 2.05) is 19.9 Å². The van der Waals surface area contributed by atoms with Gasteiger partial charge < -0.3 is 20.1 Å². The highest BCUT2D eigenvalue weighted by atomic mass is 16.5. The van der Waals surface area contributed by atoms with Crippen LogP contribution in [0.3, 0.4) is 0 Å². The zero-order valence-corrected chi connectivity index (χ0v) is 20.7. The maximum absolute atomic E-state index is 10.6. The van der Waals surface area contributed by atoms with Gasteiger partial charge in [-0.15, -0.1) is 0 Å². The van der Waals surface area contributed by atoms with E-state index >= 15 is 0 Å². The van der Waals surface area contributed by atoms with Gasteiger partial charge in [0.05, 0.1) is 36.2 Å². The van der Waals surface area contributed by atoms with Crippen LogP contribution in [-0.2, 0) is 0 Å². The monoisotopic (exact) mass is 464 g/mol. The summed E-state index contributed by atoms with van der Waals surface area (Å²) in [6, 6.07) is 4.20. The molecule has 2 atom stereocenters. The Morgan fingerprint density at radius 1 is 1.50 bits per heavy atom. The molecule has 8 nitrogen and oxygen atoms in total. The number of hydrogen-bond donors (Lipinski definition) is 2. The third-order valence-electron chi connectivity index (χ3n) is 6.11. The van der Waals surface area contributed by atoms with Crippen molar-refractivity contribution < 1.29 is 9.84 Å². The number of piperidine rings is 1. The summed E-state index contributed by atoms with van der Waals surface area (Å²) in [5, 5.41) is 28.0. The van der Waals surface area contributed by atoms with Crippen LogP contribution in [0, 0.1) is 17.2 Å². The van der Waals surface area contributed by atoms with Gasteiger partial charge in [-0.25, -0.2) is 9.51 Å². The van der Waals surface area contributed by atoms with Gasteiger partial charge in [0.1, 0.15) is 17.7 Å². The number of allylic oxidation sites excluding steroid dienone is 2. The number of aliphatic hydroxyl groups is 1. The first-order valence-corrected chi connectivity index (χ1v) is 12.0. The quantitative estimate of drug-likeness (QED) is 0.334. The van der Waals surface area contributed by atoms with Crippen LogP contribution in [0.1, 0.15) is 51.7 Å². The summed E-state index contributed by atoms with van der Waals surface area (Å²) in [5.74, 6) is 2.12. The molecule has 3 heterocycles. The van der Waals surface area contributed by atoms with E-state index < -0.39 is 6.10 Å². The fourth-order valence-corrected chi connectivity index (χ4v) is 4.14. The van der Waals surface area contributed by atoms with Gasteiger partial charge in [-0.1, -0.05) is 26.5 Å². The molecule has 0 aliphatic carbocycles. The highest BCUT2D eigenvalue weighted by Gasteiger charge is 2.27. The molecule has 1 saturated heterocycles. The SMILES string of the molecule is C=C/C(=C\N=C(/C)N1CC[C@H](NCCC(C)C)[C@@H](O)C1)c1cc(OCC)cn2ncc(C#N)c12. The molecule has 2 aromatic rings. The number of nitrogens with one attached hydrogen (secondary N) is 1. The molecule has 0 aromatic carbocycles. The molecule has 1 fully saturated rings. The Bertz CT molecular complexity index is 1090. The third kappa shape index (κ3) is 6.04. The predicted molar refractivity (Wildman–Crippen MR) is 136 cm³/mol. The van der Waals surface area contributed by atoms with Gasteiger partial charge in [0.25, 0.3) is 0 Å². The second-order valence-corrected chi connectivity index (χ2v) is 9.00. The second kappa shape index (κ2) is 11.8. The summed E-state index contributed by atoms with van der Waals surface area (Å²) in [4.78, 5) is 6.79. The molecule has 3 rings (SSSR count). The largest absolute Gasteiger partial charge is 0.492 e. The van der Waals surface area contributed by atoms with E-state index in [1.165, 1.54) is 0 Å². The van der Waals surface area contributed by atoms with Crippen molar-refractivity contribution in [1.82, 2.24) is 19.8 Å². The molecule has 0 bridgehead atoms. The van der Waals surface area contributed by atoms with Crippen LogP contribution >= 0.6 is 0 Å². The van der Waals surface area contributed by atoms with Crippen LogP contribution in [0.25, 0.3) is 11.1 Å². The topological polar surface area (TPSA) is 98.2 Å².